The molecule has 0 aliphatic heterocycles. The Kier molecular flexibility index (Phi) is 2.89. The van der Waals surface area contributed by atoms with Gasteiger partial charge >= 0.3 is 0 Å². The van der Waals surface area contributed by atoms with Gasteiger partial charge in [0.1, 0.15) is 6.10 Å². The molecule has 0 aromatic heterocycles. The molecule has 0 saturated carbocycles. The van der Waals surface area contributed by atoms with Gasteiger partial charge in [-0.25, -0.2) is 0 Å². The van der Waals surface area contributed by atoms with E-state index >= 15 is 0 Å². The van der Waals surface area contributed by atoms with E-state index in [2.05, 4.69) is 5.92 Å². The van der Waals surface area contributed by atoms with Gasteiger partial charge < -0.3 is 10.2 Å². The van der Waals surface area contributed by atoms with Gasteiger partial charge in [-0.2, -0.15) is 0 Å². The van der Waals surface area contributed by atoms with Gasteiger partial charge in [-0.15, -0.1) is 6.42 Å². The van der Waals surface area contributed by atoms with Crippen molar-refractivity contribution in [2.75, 3.05) is 0 Å². The highest BCUT2D eigenvalue weighted by molar-refractivity contribution is 5.02. The molecule has 0 rings (SSSR count). The fourth-order valence-electron chi connectivity index (χ4n) is 0.443. The largest absolute Gasteiger partial charge is 0.393 e. The summed E-state index contributed by atoms with van der Waals surface area (Å²) in [6.07, 6.45) is 3.50. The van der Waals surface area contributed by atoms with Gasteiger partial charge in [0, 0.05) is 5.41 Å². The summed E-state index contributed by atoms with van der Waals surface area (Å²) < 4.78 is 0. The van der Waals surface area contributed by atoms with E-state index in [9.17, 15) is 0 Å². The van der Waals surface area contributed by atoms with Crippen LogP contribution in [0.4, 0.5) is 0 Å². The summed E-state index contributed by atoms with van der Waals surface area (Å²) in [5, 5.41) is 18.3. The molecule has 2 atom stereocenters. The van der Waals surface area contributed by atoms with Crippen LogP contribution in [0.5, 0.6) is 0 Å². The van der Waals surface area contributed by atoms with E-state index in [1.54, 1.807) is 20.8 Å². The van der Waals surface area contributed by atoms with E-state index in [4.69, 9.17) is 16.6 Å². The quantitative estimate of drug-likeness (QED) is 0.547. The van der Waals surface area contributed by atoms with Gasteiger partial charge in [-0.3, -0.25) is 0 Å². The van der Waals surface area contributed by atoms with E-state index in [0.29, 0.717) is 0 Å². The molecule has 2 unspecified atom stereocenters. The molecule has 0 amide bonds. The lowest BCUT2D eigenvalue weighted by Gasteiger charge is -2.29. The van der Waals surface area contributed by atoms with E-state index < -0.39 is 17.6 Å². The highest BCUT2D eigenvalue weighted by Crippen LogP contribution is 2.24. The molecule has 10 heavy (non-hydrogen) atoms. The molecule has 2 heteroatoms. The maximum absolute atomic E-state index is 9.16. The van der Waals surface area contributed by atoms with E-state index in [1.807, 2.05) is 0 Å². The summed E-state index contributed by atoms with van der Waals surface area (Å²) in [7, 11) is 0. The third-order valence-corrected chi connectivity index (χ3v) is 1.94. The van der Waals surface area contributed by atoms with Crippen molar-refractivity contribution >= 4 is 0 Å². The van der Waals surface area contributed by atoms with Gasteiger partial charge in [0.25, 0.3) is 0 Å². The third kappa shape index (κ3) is 1.73. The number of terminal acetylenes is 1. The molecule has 0 heterocycles. The van der Waals surface area contributed by atoms with Gasteiger partial charge in [0.05, 0.1) is 6.10 Å². The molecule has 0 aromatic rings. The number of aliphatic hydroxyl groups excluding tert-OH is 2. The van der Waals surface area contributed by atoms with E-state index in [1.165, 1.54) is 0 Å². The minimum atomic E-state index is -0.882. The average molecular weight is 142 g/mol. The van der Waals surface area contributed by atoms with Crippen LogP contribution in [0.1, 0.15) is 20.8 Å². The third-order valence-electron chi connectivity index (χ3n) is 1.94. The second-order valence-electron chi connectivity index (χ2n) is 3.07. The topological polar surface area (TPSA) is 40.5 Å². The number of rotatable bonds is 2. The van der Waals surface area contributed by atoms with Crippen LogP contribution in [-0.2, 0) is 0 Å². The molecular formula is C8H14O2. The molecule has 0 aromatic carbocycles. The fourth-order valence-corrected chi connectivity index (χ4v) is 0.443. The summed E-state index contributed by atoms with van der Waals surface area (Å²) in [5.41, 5.74) is -0.616. The molecule has 0 aliphatic rings. The fraction of sp³-hybridized carbons (Fsp3) is 0.750. The van der Waals surface area contributed by atoms with Crippen LogP contribution in [0.15, 0.2) is 0 Å². The molecule has 58 valence electrons. The molecule has 2 N–H and O–H groups in total. The van der Waals surface area contributed by atoms with Crippen LogP contribution in [-0.4, -0.2) is 22.4 Å². The predicted molar refractivity (Wildman–Crippen MR) is 40.3 cm³/mol. The first-order valence-electron chi connectivity index (χ1n) is 3.25. The normalized spacial score (nSPS) is 17.6. The monoisotopic (exact) mass is 142 g/mol. The summed E-state index contributed by atoms with van der Waals surface area (Å²) in [4.78, 5) is 0. The van der Waals surface area contributed by atoms with Gasteiger partial charge in [-0.05, 0) is 6.92 Å². The summed E-state index contributed by atoms with van der Waals surface area (Å²) in [6.45, 7) is 5.06. The van der Waals surface area contributed by atoms with Gasteiger partial charge in [0.15, 0.2) is 0 Å². The van der Waals surface area contributed by atoms with Crippen molar-refractivity contribution in [3.8, 4) is 12.3 Å². The smallest absolute Gasteiger partial charge is 0.122 e. The van der Waals surface area contributed by atoms with Crippen molar-refractivity contribution in [1.29, 1.82) is 0 Å². The lowest BCUT2D eigenvalue weighted by molar-refractivity contribution is -0.0107. The maximum atomic E-state index is 9.16. The number of aliphatic hydroxyl groups is 2. The van der Waals surface area contributed by atoms with Crippen LogP contribution in [0, 0.1) is 17.8 Å². The number of hydrogen-bond acceptors (Lipinski definition) is 2. The summed E-state index contributed by atoms with van der Waals surface area (Å²) >= 11 is 0. The molecule has 0 spiro atoms. The van der Waals surface area contributed by atoms with Crippen LogP contribution in [0.25, 0.3) is 0 Å². The second kappa shape index (κ2) is 3.05. The zero-order chi connectivity index (χ0) is 8.36. The van der Waals surface area contributed by atoms with Gasteiger partial charge in [-0.1, -0.05) is 19.8 Å². The van der Waals surface area contributed by atoms with Crippen molar-refractivity contribution < 1.29 is 10.2 Å². The van der Waals surface area contributed by atoms with Crippen LogP contribution < -0.4 is 0 Å². The summed E-state index contributed by atoms with van der Waals surface area (Å²) in [6, 6.07) is 0. The highest BCUT2D eigenvalue weighted by Gasteiger charge is 2.31. The molecule has 0 bridgehead atoms. The van der Waals surface area contributed by atoms with Crippen LogP contribution in [0.3, 0.4) is 0 Å². The first-order valence-corrected chi connectivity index (χ1v) is 3.25. The highest BCUT2D eigenvalue weighted by atomic mass is 16.3. The Labute approximate surface area is 61.9 Å². The minimum Gasteiger partial charge on any atom is -0.393 e. The lowest BCUT2D eigenvalue weighted by Crippen LogP contribution is -2.37. The first kappa shape index (κ1) is 9.48. The van der Waals surface area contributed by atoms with Crippen molar-refractivity contribution in [1.82, 2.24) is 0 Å². The number of hydrogen-bond donors (Lipinski definition) is 2. The lowest BCUT2D eigenvalue weighted by atomic mass is 9.82. The standard InChI is InChI=1S/C8H14O2/c1-5-7(10)8(3,4)6(2)9/h1,6-7,9-10H,2-4H3. The van der Waals surface area contributed by atoms with Crippen molar-refractivity contribution in [2.45, 2.75) is 33.0 Å². The molecule has 0 aliphatic carbocycles. The molecule has 2 nitrogen and oxygen atoms in total. The Bertz CT molecular complexity index is 142. The van der Waals surface area contributed by atoms with Crippen LogP contribution >= 0.6 is 0 Å². The molecule has 0 radical (unpaired) electrons. The van der Waals surface area contributed by atoms with Crippen molar-refractivity contribution in [3.63, 3.8) is 0 Å². The van der Waals surface area contributed by atoms with E-state index in [-0.39, 0.29) is 0 Å². The minimum absolute atomic E-state index is 0.599. The zero-order valence-electron chi connectivity index (χ0n) is 6.63. The van der Waals surface area contributed by atoms with Crippen molar-refractivity contribution in [2.24, 2.45) is 5.41 Å². The second-order valence-corrected chi connectivity index (χ2v) is 3.07. The predicted octanol–water partition coefficient (Wildman–Crippen LogP) is 0.388. The Morgan fingerprint density at radius 3 is 1.90 bits per heavy atom. The Morgan fingerprint density at radius 2 is 1.80 bits per heavy atom. The Morgan fingerprint density at radius 1 is 1.40 bits per heavy atom. The van der Waals surface area contributed by atoms with E-state index in [0.717, 1.165) is 0 Å². The maximum Gasteiger partial charge on any atom is 0.122 e. The molecular weight excluding hydrogens is 128 g/mol. The molecule has 0 saturated heterocycles. The van der Waals surface area contributed by atoms with Crippen LogP contribution in [0.2, 0.25) is 0 Å². The molecule has 0 fully saturated rings. The van der Waals surface area contributed by atoms with Gasteiger partial charge in [0.2, 0.25) is 0 Å². The first-order chi connectivity index (χ1) is 4.42. The van der Waals surface area contributed by atoms with Crippen molar-refractivity contribution in [3.05, 3.63) is 0 Å². The average Bonchev–Trinajstić information content (AvgIpc) is 1.86. The zero-order valence-corrected chi connectivity index (χ0v) is 6.63. The summed E-state index contributed by atoms with van der Waals surface area (Å²) in [5.74, 6) is 2.18. The Balaban J connectivity index is 4.27. The Hall–Kier alpha value is -0.520. The SMILES string of the molecule is C#CC(O)C(C)(C)C(C)O.